The van der Waals surface area contributed by atoms with Crippen LogP contribution >= 0.6 is 15.9 Å². The van der Waals surface area contributed by atoms with Crippen LogP contribution in [-0.4, -0.2) is 19.8 Å². The molecule has 1 heterocycles. The molecule has 1 fully saturated rings. The van der Waals surface area contributed by atoms with Crippen LogP contribution < -0.4 is 0 Å². The molecule has 3 unspecified atom stereocenters. The van der Waals surface area contributed by atoms with Gasteiger partial charge in [-0.3, -0.25) is 0 Å². The van der Waals surface area contributed by atoms with Crippen molar-refractivity contribution in [1.82, 2.24) is 15.0 Å². The lowest BCUT2D eigenvalue weighted by Crippen LogP contribution is -2.47. The third kappa shape index (κ3) is 1.63. The number of nitrogens with zero attached hydrogens (tertiary/aromatic N) is 3. The lowest BCUT2D eigenvalue weighted by Gasteiger charge is -2.43. The van der Waals surface area contributed by atoms with Gasteiger partial charge in [0.25, 0.3) is 0 Å². The number of fused-ring (bicyclic) bond motifs is 1. The molecule has 1 aliphatic carbocycles. The molecule has 0 spiro atoms. The second-order valence-corrected chi connectivity index (χ2v) is 7.77. The van der Waals surface area contributed by atoms with Crippen molar-refractivity contribution in [1.29, 1.82) is 0 Å². The van der Waals surface area contributed by atoms with Crippen LogP contribution in [0.5, 0.6) is 0 Å². The zero-order valence-electron chi connectivity index (χ0n) is 12.6. The van der Waals surface area contributed by atoms with Crippen molar-refractivity contribution in [3.05, 3.63) is 24.3 Å². The van der Waals surface area contributed by atoms with Gasteiger partial charge >= 0.3 is 0 Å². The van der Waals surface area contributed by atoms with Crippen LogP contribution in [0.25, 0.3) is 11.0 Å². The molecule has 4 heteroatoms. The maximum atomic E-state index is 4.50. The highest BCUT2D eigenvalue weighted by atomic mass is 79.9. The van der Waals surface area contributed by atoms with Crippen molar-refractivity contribution in [2.24, 2.45) is 11.3 Å². The summed E-state index contributed by atoms with van der Waals surface area (Å²) in [6.45, 7) is 9.36. The largest absolute Gasteiger partial charge is 0.237 e. The minimum Gasteiger partial charge on any atom is -0.237 e. The van der Waals surface area contributed by atoms with Crippen LogP contribution in [0.2, 0.25) is 0 Å². The first-order valence-electron chi connectivity index (χ1n) is 7.38. The molecular weight excluding hydrogens is 314 g/mol. The second kappa shape index (κ2) is 4.55. The minimum absolute atomic E-state index is 0.0657. The molecule has 0 N–H and O–H groups in total. The molecule has 0 aliphatic heterocycles. The van der Waals surface area contributed by atoms with Gasteiger partial charge in [0.15, 0.2) is 0 Å². The van der Waals surface area contributed by atoms with Gasteiger partial charge in [-0.15, -0.1) is 5.10 Å². The number of alkyl halides is 1. The van der Waals surface area contributed by atoms with E-state index in [2.05, 4.69) is 70.8 Å². The molecule has 0 radical (unpaired) electrons. The van der Waals surface area contributed by atoms with Crippen LogP contribution in [-0.2, 0) is 5.54 Å². The number of aromatic nitrogens is 3. The summed E-state index contributed by atoms with van der Waals surface area (Å²) in [4.78, 5) is 0.417. The van der Waals surface area contributed by atoms with Crippen molar-refractivity contribution in [3.63, 3.8) is 0 Å². The van der Waals surface area contributed by atoms with Crippen LogP contribution in [0.15, 0.2) is 24.3 Å². The molecule has 1 aliphatic rings. The van der Waals surface area contributed by atoms with E-state index in [4.69, 9.17) is 0 Å². The van der Waals surface area contributed by atoms with E-state index in [0.29, 0.717) is 10.7 Å². The van der Waals surface area contributed by atoms with Crippen molar-refractivity contribution in [2.75, 3.05) is 0 Å². The standard InChI is InChI=1S/C16H22BrN3/c1-5-11-10-14(17)16(4,15(11,2)3)20-13-9-7-6-8-12(13)18-19-20/h6-9,11,14H,5,10H2,1-4H3. The molecule has 1 aromatic heterocycles. The number of hydrogen-bond acceptors (Lipinski definition) is 2. The summed E-state index contributed by atoms with van der Waals surface area (Å²) in [6.07, 6.45) is 2.39. The number of halogens is 1. The monoisotopic (exact) mass is 335 g/mol. The van der Waals surface area contributed by atoms with Crippen LogP contribution in [0.4, 0.5) is 0 Å². The second-order valence-electron chi connectivity index (χ2n) is 6.67. The quantitative estimate of drug-likeness (QED) is 0.763. The van der Waals surface area contributed by atoms with Crippen molar-refractivity contribution in [3.8, 4) is 0 Å². The SMILES string of the molecule is CCC1CC(Br)C(C)(n2nnc3ccccc32)C1(C)C. The highest BCUT2D eigenvalue weighted by Crippen LogP contribution is 2.58. The molecule has 0 bridgehead atoms. The summed E-state index contributed by atoms with van der Waals surface area (Å²) < 4.78 is 2.15. The fourth-order valence-corrected chi connectivity index (χ4v) is 5.12. The van der Waals surface area contributed by atoms with Gasteiger partial charge in [0.1, 0.15) is 5.52 Å². The summed E-state index contributed by atoms with van der Waals surface area (Å²) >= 11 is 3.94. The molecule has 20 heavy (non-hydrogen) atoms. The summed E-state index contributed by atoms with van der Waals surface area (Å²) in [7, 11) is 0. The van der Waals surface area contributed by atoms with Gasteiger partial charge in [-0.05, 0) is 36.8 Å². The molecule has 0 saturated heterocycles. The Morgan fingerprint density at radius 3 is 2.65 bits per heavy atom. The number of benzene rings is 1. The first-order chi connectivity index (χ1) is 9.42. The highest BCUT2D eigenvalue weighted by molar-refractivity contribution is 9.09. The predicted octanol–water partition coefficient (Wildman–Crippen LogP) is 4.37. The third-order valence-corrected chi connectivity index (χ3v) is 6.98. The van der Waals surface area contributed by atoms with Gasteiger partial charge < -0.3 is 0 Å². The predicted molar refractivity (Wildman–Crippen MR) is 86.1 cm³/mol. The topological polar surface area (TPSA) is 30.7 Å². The van der Waals surface area contributed by atoms with Crippen molar-refractivity contribution < 1.29 is 0 Å². The maximum absolute atomic E-state index is 4.50. The normalized spacial score (nSPS) is 32.9. The summed E-state index contributed by atoms with van der Waals surface area (Å²) in [5, 5.41) is 8.85. The molecular formula is C16H22BrN3. The van der Waals surface area contributed by atoms with Gasteiger partial charge in [-0.2, -0.15) is 0 Å². The van der Waals surface area contributed by atoms with Crippen LogP contribution in [0.1, 0.15) is 40.5 Å². The number of para-hydroxylation sites is 1. The minimum atomic E-state index is -0.0657. The maximum Gasteiger partial charge on any atom is 0.113 e. The molecule has 2 aromatic rings. The van der Waals surface area contributed by atoms with Gasteiger partial charge in [0, 0.05) is 4.83 Å². The fraction of sp³-hybridized carbons (Fsp3) is 0.625. The molecule has 1 aromatic carbocycles. The fourth-order valence-electron chi connectivity index (χ4n) is 3.89. The van der Waals surface area contributed by atoms with E-state index in [1.807, 2.05) is 12.1 Å². The Morgan fingerprint density at radius 2 is 2.00 bits per heavy atom. The Morgan fingerprint density at radius 1 is 1.30 bits per heavy atom. The summed E-state index contributed by atoms with van der Waals surface area (Å²) in [6, 6.07) is 8.23. The Balaban J connectivity index is 2.21. The Bertz CT molecular complexity index is 633. The van der Waals surface area contributed by atoms with E-state index in [-0.39, 0.29) is 11.0 Å². The lowest BCUT2D eigenvalue weighted by molar-refractivity contribution is 0.0887. The third-order valence-electron chi connectivity index (χ3n) is 5.71. The number of rotatable bonds is 2. The Hall–Kier alpha value is -0.900. The zero-order valence-corrected chi connectivity index (χ0v) is 14.2. The van der Waals surface area contributed by atoms with E-state index < -0.39 is 0 Å². The van der Waals surface area contributed by atoms with Crippen molar-refractivity contribution in [2.45, 2.75) is 50.9 Å². The smallest absolute Gasteiger partial charge is 0.113 e. The average Bonchev–Trinajstić information content (AvgIpc) is 2.93. The van der Waals surface area contributed by atoms with E-state index in [0.717, 1.165) is 11.0 Å². The lowest BCUT2D eigenvalue weighted by atomic mass is 9.70. The molecule has 108 valence electrons. The van der Waals surface area contributed by atoms with E-state index in [1.54, 1.807) is 0 Å². The molecule has 3 rings (SSSR count). The average molecular weight is 336 g/mol. The Labute approximate surface area is 128 Å². The molecule has 1 saturated carbocycles. The molecule has 3 atom stereocenters. The van der Waals surface area contributed by atoms with E-state index >= 15 is 0 Å². The van der Waals surface area contributed by atoms with E-state index in [1.165, 1.54) is 12.8 Å². The van der Waals surface area contributed by atoms with Gasteiger partial charge in [0.2, 0.25) is 0 Å². The first kappa shape index (κ1) is 14.1. The first-order valence-corrected chi connectivity index (χ1v) is 8.29. The summed E-state index contributed by atoms with van der Waals surface area (Å²) in [5.74, 6) is 0.694. The highest BCUT2D eigenvalue weighted by Gasteiger charge is 2.58. The molecule has 3 nitrogen and oxygen atoms in total. The van der Waals surface area contributed by atoms with Crippen LogP contribution in [0, 0.1) is 11.3 Å². The van der Waals surface area contributed by atoms with Crippen molar-refractivity contribution >= 4 is 27.0 Å². The van der Waals surface area contributed by atoms with Crippen LogP contribution in [0.3, 0.4) is 0 Å². The summed E-state index contributed by atoms with van der Waals surface area (Å²) in [5.41, 5.74) is 2.21. The van der Waals surface area contributed by atoms with Gasteiger partial charge in [-0.25, -0.2) is 4.68 Å². The Kier molecular flexibility index (Phi) is 3.20. The van der Waals surface area contributed by atoms with Gasteiger partial charge in [-0.1, -0.05) is 60.5 Å². The zero-order chi connectivity index (χ0) is 14.5. The molecule has 0 amide bonds. The number of hydrogen-bond donors (Lipinski definition) is 0. The van der Waals surface area contributed by atoms with Gasteiger partial charge in [0.05, 0.1) is 11.1 Å². The van der Waals surface area contributed by atoms with E-state index in [9.17, 15) is 0 Å².